The average molecular weight is 420 g/mol. The van der Waals surface area contributed by atoms with Gasteiger partial charge in [-0.25, -0.2) is 0 Å². The van der Waals surface area contributed by atoms with E-state index in [0.29, 0.717) is 11.5 Å². The Morgan fingerprint density at radius 2 is 1.95 bits per heavy atom. The first-order chi connectivity index (χ1) is 10.3. The molecule has 0 radical (unpaired) electrons. The van der Waals surface area contributed by atoms with Gasteiger partial charge >= 0.3 is 0 Å². The summed E-state index contributed by atoms with van der Waals surface area (Å²) in [4.78, 5) is 9.66. The molecule has 1 saturated carbocycles. The predicted molar refractivity (Wildman–Crippen MR) is 104 cm³/mol. The van der Waals surface area contributed by atoms with Gasteiger partial charge in [-0.1, -0.05) is 19.8 Å². The van der Waals surface area contributed by atoms with Gasteiger partial charge in [0.1, 0.15) is 0 Å². The Morgan fingerprint density at radius 1 is 1.18 bits per heavy atom. The topological polar surface area (TPSA) is 30.9 Å². The molecule has 2 aliphatic heterocycles. The van der Waals surface area contributed by atoms with E-state index in [9.17, 15) is 0 Å². The summed E-state index contributed by atoms with van der Waals surface area (Å²) < 4.78 is 0. The maximum Gasteiger partial charge on any atom is 0.193 e. The number of nitrogens with zero attached hydrogens (tertiary/aromatic N) is 3. The summed E-state index contributed by atoms with van der Waals surface area (Å²) in [5.41, 5.74) is 0.625. The van der Waals surface area contributed by atoms with Gasteiger partial charge in [0.2, 0.25) is 0 Å². The smallest absolute Gasteiger partial charge is 0.193 e. The van der Waals surface area contributed by atoms with Gasteiger partial charge in [-0.2, -0.15) is 0 Å². The van der Waals surface area contributed by atoms with Gasteiger partial charge in [0.15, 0.2) is 5.96 Å². The summed E-state index contributed by atoms with van der Waals surface area (Å²) in [5, 5.41) is 3.66. The van der Waals surface area contributed by atoms with Gasteiger partial charge in [0.25, 0.3) is 0 Å². The zero-order chi connectivity index (χ0) is 14.7. The molecule has 0 bridgehead atoms. The third kappa shape index (κ3) is 3.89. The van der Waals surface area contributed by atoms with Crippen LogP contribution in [0.25, 0.3) is 0 Å². The van der Waals surface area contributed by atoms with Crippen molar-refractivity contribution in [1.82, 2.24) is 15.1 Å². The van der Waals surface area contributed by atoms with Gasteiger partial charge in [-0.3, -0.25) is 9.89 Å². The van der Waals surface area contributed by atoms with E-state index in [1.165, 1.54) is 71.1 Å². The van der Waals surface area contributed by atoms with Crippen molar-refractivity contribution in [2.75, 3.05) is 39.8 Å². The van der Waals surface area contributed by atoms with Crippen LogP contribution < -0.4 is 5.32 Å². The van der Waals surface area contributed by atoms with Gasteiger partial charge < -0.3 is 10.2 Å². The molecule has 0 aromatic heterocycles. The highest BCUT2D eigenvalue weighted by Gasteiger charge is 2.41. The van der Waals surface area contributed by atoms with E-state index < -0.39 is 0 Å². The van der Waals surface area contributed by atoms with E-state index in [2.05, 4.69) is 27.0 Å². The summed E-state index contributed by atoms with van der Waals surface area (Å²) in [6, 6.07) is 0.704. The first kappa shape index (κ1) is 18.3. The quantitative estimate of drug-likeness (QED) is 0.433. The molecule has 0 aromatic rings. The second-order valence-corrected chi connectivity index (χ2v) is 7.23. The van der Waals surface area contributed by atoms with Crippen LogP contribution in [0.4, 0.5) is 0 Å². The van der Waals surface area contributed by atoms with Crippen molar-refractivity contribution >= 4 is 29.9 Å². The number of hydrogen-bond acceptors (Lipinski definition) is 2. The van der Waals surface area contributed by atoms with Crippen molar-refractivity contribution in [2.45, 2.75) is 57.9 Å². The molecule has 5 heteroatoms. The van der Waals surface area contributed by atoms with Gasteiger partial charge in [0.05, 0.1) is 0 Å². The summed E-state index contributed by atoms with van der Waals surface area (Å²) >= 11 is 0. The van der Waals surface area contributed by atoms with Crippen LogP contribution >= 0.6 is 24.0 Å². The monoisotopic (exact) mass is 420 g/mol. The van der Waals surface area contributed by atoms with Gasteiger partial charge in [-0.05, 0) is 50.6 Å². The normalized spacial score (nSPS) is 28.4. The van der Waals surface area contributed by atoms with E-state index in [1.54, 1.807) is 0 Å². The average Bonchev–Trinajstić information content (AvgIpc) is 3.23. The molecule has 0 amide bonds. The molecule has 0 aromatic carbocycles. The molecule has 1 N–H and O–H groups in total. The lowest BCUT2D eigenvalue weighted by Crippen LogP contribution is -2.46. The molecule has 22 heavy (non-hydrogen) atoms. The fraction of sp³-hybridized carbons (Fsp3) is 0.941. The Hall–Kier alpha value is -0.0400. The Kier molecular flexibility index (Phi) is 6.80. The Labute approximate surface area is 153 Å². The van der Waals surface area contributed by atoms with Crippen LogP contribution in [-0.4, -0.2) is 61.6 Å². The summed E-state index contributed by atoms with van der Waals surface area (Å²) in [6.07, 6.45) is 9.81. The largest absolute Gasteiger partial charge is 0.355 e. The zero-order valence-electron chi connectivity index (χ0n) is 14.3. The summed E-state index contributed by atoms with van der Waals surface area (Å²) in [7, 11) is 1.94. The van der Waals surface area contributed by atoms with Crippen molar-refractivity contribution in [3.8, 4) is 0 Å². The van der Waals surface area contributed by atoms with Crippen molar-refractivity contribution in [3.63, 3.8) is 0 Å². The van der Waals surface area contributed by atoms with Crippen LogP contribution in [0, 0.1) is 5.41 Å². The number of aliphatic imine (C=N–C) groups is 1. The molecule has 1 unspecified atom stereocenters. The van der Waals surface area contributed by atoms with E-state index >= 15 is 0 Å². The van der Waals surface area contributed by atoms with Gasteiger partial charge in [-0.15, -0.1) is 24.0 Å². The molecule has 1 atom stereocenters. The summed E-state index contributed by atoms with van der Waals surface area (Å²) in [5.74, 6) is 1.14. The molecule has 3 rings (SSSR count). The molecule has 1 spiro atoms. The Morgan fingerprint density at radius 3 is 2.64 bits per heavy atom. The number of likely N-dealkylation sites (N-methyl/N-ethyl adjacent to an activating group) is 1. The van der Waals surface area contributed by atoms with Crippen molar-refractivity contribution < 1.29 is 0 Å². The lowest BCUT2D eigenvalue weighted by Gasteiger charge is -2.28. The van der Waals surface area contributed by atoms with E-state index in [-0.39, 0.29) is 24.0 Å². The number of halogens is 1. The van der Waals surface area contributed by atoms with Crippen LogP contribution in [0.3, 0.4) is 0 Å². The van der Waals surface area contributed by atoms with E-state index in [1.807, 2.05) is 7.05 Å². The molecular weight excluding hydrogens is 387 g/mol. The number of rotatable bonds is 3. The number of likely N-dealkylation sites (tertiary alicyclic amines) is 2. The minimum atomic E-state index is 0. The highest BCUT2D eigenvalue weighted by Crippen LogP contribution is 2.45. The number of hydrogen-bond donors (Lipinski definition) is 1. The fourth-order valence-corrected chi connectivity index (χ4v) is 4.73. The van der Waals surface area contributed by atoms with Crippen LogP contribution in [0.15, 0.2) is 4.99 Å². The van der Waals surface area contributed by atoms with Gasteiger partial charge in [0, 0.05) is 32.7 Å². The molecule has 2 heterocycles. The standard InChI is InChI=1S/C17H32N4.HI/c1-3-20-11-6-7-15(20)13-19-16(18-2)21-12-10-17(14-21)8-4-5-9-17;/h15H,3-14H2,1-2H3,(H,18,19);1H. The molecule has 4 nitrogen and oxygen atoms in total. The maximum absolute atomic E-state index is 4.55. The molecule has 2 saturated heterocycles. The summed E-state index contributed by atoms with van der Waals surface area (Å²) in [6.45, 7) is 8.21. The highest BCUT2D eigenvalue weighted by atomic mass is 127. The third-order valence-corrected chi connectivity index (χ3v) is 6.01. The minimum Gasteiger partial charge on any atom is -0.355 e. The van der Waals surface area contributed by atoms with Crippen LogP contribution in [0.5, 0.6) is 0 Å². The highest BCUT2D eigenvalue weighted by molar-refractivity contribution is 14.0. The SMILES string of the molecule is CCN1CCCC1CNC(=NC)N1CCC2(CCCC2)C1.I. The second kappa shape index (κ2) is 8.18. The Bertz CT molecular complexity index is 379. The molecule has 128 valence electrons. The lowest BCUT2D eigenvalue weighted by molar-refractivity contribution is 0.264. The minimum absolute atomic E-state index is 0. The van der Waals surface area contributed by atoms with Crippen LogP contribution in [0.2, 0.25) is 0 Å². The van der Waals surface area contributed by atoms with Crippen LogP contribution in [-0.2, 0) is 0 Å². The van der Waals surface area contributed by atoms with E-state index in [4.69, 9.17) is 0 Å². The molecular formula is C17H33IN4. The maximum atomic E-state index is 4.55. The first-order valence-electron chi connectivity index (χ1n) is 8.96. The number of guanidine groups is 1. The fourth-order valence-electron chi connectivity index (χ4n) is 4.73. The number of nitrogens with one attached hydrogen (secondary N) is 1. The van der Waals surface area contributed by atoms with Crippen molar-refractivity contribution in [3.05, 3.63) is 0 Å². The van der Waals surface area contributed by atoms with Crippen molar-refractivity contribution in [1.29, 1.82) is 0 Å². The van der Waals surface area contributed by atoms with E-state index in [0.717, 1.165) is 12.5 Å². The first-order valence-corrected chi connectivity index (χ1v) is 8.96. The zero-order valence-corrected chi connectivity index (χ0v) is 16.6. The Balaban J connectivity index is 0.00000176. The van der Waals surface area contributed by atoms with Crippen molar-refractivity contribution in [2.24, 2.45) is 10.4 Å². The predicted octanol–water partition coefficient (Wildman–Crippen LogP) is 2.93. The second-order valence-electron chi connectivity index (χ2n) is 7.23. The molecule has 3 fully saturated rings. The van der Waals surface area contributed by atoms with Crippen LogP contribution in [0.1, 0.15) is 51.9 Å². The lowest BCUT2D eigenvalue weighted by atomic mass is 9.86. The third-order valence-electron chi connectivity index (χ3n) is 6.01. The molecule has 3 aliphatic rings. The molecule has 1 aliphatic carbocycles.